The Balaban J connectivity index is 1.61. The number of anilines is 1. The van der Waals surface area contributed by atoms with Gasteiger partial charge in [-0.05, 0) is 29.5 Å². The molecule has 0 spiro atoms. The van der Waals surface area contributed by atoms with Crippen molar-refractivity contribution in [1.29, 1.82) is 0 Å². The van der Waals surface area contributed by atoms with Crippen LogP contribution < -0.4 is 14.8 Å². The molecule has 0 unspecified atom stereocenters. The summed E-state index contributed by atoms with van der Waals surface area (Å²) >= 11 is 0. The van der Waals surface area contributed by atoms with Crippen LogP contribution >= 0.6 is 0 Å². The van der Waals surface area contributed by atoms with Crippen LogP contribution in [0.1, 0.15) is 25.8 Å². The van der Waals surface area contributed by atoms with Gasteiger partial charge < -0.3 is 14.8 Å². The SMILES string of the molecule is COc1cccc(OC)c1-c1cnnc(NC[C@@]2(c3ccccc3)CC2(C)C)n1. The van der Waals surface area contributed by atoms with Gasteiger partial charge in [-0.25, -0.2) is 4.98 Å². The maximum absolute atomic E-state index is 5.50. The van der Waals surface area contributed by atoms with Gasteiger partial charge in [0.25, 0.3) is 0 Å². The minimum absolute atomic E-state index is 0.0652. The molecule has 1 aromatic heterocycles. The Kier molecular flexibility index (Phi) is 4.86. The number of rotatable bonds is 7. The van der Waals surface area contributed by atoms with E-state index in [0.29, 0.717) is 23.1 Å². The normalized spacial score (nSPS) is 19.4. The molecule has 1 atom stereocenters. The van der Waals surface area contributed by atoms with Crippen molar-refractivity contribution in [2.24, 2.45) is 5.41 Å². The van der Waals surface area contributed by atoms with Crippen LogP contribution in [0, 0.1) is 5.41 Å². The molecular formula is C23H26N4O2. The molecule has 150 valence electrons. The zero-order valence-corrected chi connectivity index (χ0v) is 17.3. The minimum Gasteiger partial charge on any atom is -0.496 e. The van der Waals surface area contributed by atoms with E-state index in [2.05, 4.69) is 64.7 Å². The highest BCUT2D eigenvalue weighted by atomic mass is 16.5. The monoisotopic (exact) mass is 390 g/mol. The van der Waals surface area contributed by atoms with E-state index in [-0.39, 0.29) is 10.8 Å². The van der Waals surface area contributed by atoms with E-state index < -0.39 is 0 Å². The molecule has 2 aromatic carbocycles. The topological polar surface area (TPSA) is 69.2 Å². The number of methoxy groups -OCH3 is 2. The molecule has 4 rings (SSSR count). The van der Waals surface area contributed by atoms with E-state index in [1.807, 2.05) is 18.2 Å². The highest BCUT2D eigenvalue weighted by molar-refractivity contribution is 5.74. The summed E-state index contributed by atoms with van der Waals surface area (Å²) in [5.41, 5.74) is 3.04. The van der Waals surface area contributed by atoms with Crippen molar-refractivity contribution >= 4 is 5.95 Å². The molecule has 0 radical (unpaired) electrons. The molecule has 1 fully saturated rings. The second kappa shape index (κ2) is 7.35. The second-order valence-electron chi connectivity index (χ2n) is 8.07. The molecule has 1 saturated carbocycles. The molecule has 1 aliphatic rings. The first-order chi connectivity index (χ1) is 14.0. The summed E-state index contributed by atoms with van der Waals surface area (Å²) < 4.78 is 11.0. The zero-order chi connectivity index (χ0) is 20.5. The van der Waals surface area contributed by atoms with Crippen LogP contribution in [-0.2, 0) is 5.41 Å². The van der Waals surface area contributed by atoms with Crippen molar-refractivity contribution in [3.63, 3.8) is 0 Å². The van der Waals surface area contributed by atoms with Gasteiger partial charge >= 0.3 is 0 Å². The maximum Gasteiger partial charge on any atom is 0.243 e. The van der Waals surface area contributed by atoms with Crippen molar-refractivity contribution in [2.75, 3.05) is 26.1 Å². The molecule has 29 heavy (non-hydrogen) atoms. The molecule has 0 aliphatic heterocycles. The number of aromatic nitrogens is 3. The average molecular weight is 390 g/mol. The van der Waals surface area contributed by atoms with Crippen molar-refractivity contribution in [3.05, 3.63) is 60.3 Å². The molecule has 6 heteroatoms. The van der Waals surface area contributed by atoms with E-state index in [9.17, 15) is 0 Å². The first kappa shape index (κ1) is 19.2. The quantitative estimate of drug-likeness (QED) is 0.647. The van der Waals surface area contributed by atoms with Crippen LogP contribution in [-0.4, -0.2) is 35.9 Å². The number of benzene rings is 2. The summed E-state index contributed by atoms with van der Waals surface area (Å²) in [5, 5.41) is 11.8. The van der Waals surface area contributed by atoms with Gasteiger partial charge in [0.15, 0.2) is 0 Å². The maximum atomic E-state index is 5.50. The van der Waals surface area contributed by atoms with Crippen molar-refractivity contribution < 1.29 is 9.47 Å². The molecule has 0 saturated heterocycles. The van der Waals surface area contributed by atoms with Crippen LogP contribution in [0.25, 0.3) is 11.3 Å². The minimum atomic E-state index is 0.0652. The van der Waals surface area contributed by atoms with Gasteiger partial charge in [-0.2, -0.15) is 5.10 Å². The van der Waals surface area contributed by atoms with Gasteiger partial charge in [0.05, 0.1) is 26.0 Å². The lowest BCUT2D eigenvalue weighted by atomic mass is 9.88. The van der Waals surface area contributed by atoms with Crippen molar-refractivity contribution in [1.82, 2.24) is 15.2 Å². The van der Waals surface area contributed by atoms with Crippen LogP contribution in [0.3, 0.4) is 0 Å². The number of nitrogens with one attached hydrogen (secondary N) is 1. The standard InChI is InChI=1S/C23H26N4O2/c1-22(2)14-23(22,16-9-6-5-7-10-16)15-24-21-26-17(13-25-27-21)20-18(28-3)11-8-12-19(20)29-4/h5-13H,14-15H2,1-4H3,(H,24,26,27)/t23-/m1/s1. The Hall–Kier alpha value is -3.15. The Bertz CT molecular complexity index is 985. The van der Waals surface area contributed by atoms with Gasteiger partial charge in [0, 0.05) is 12.0 Å². The fourth-order valence-corrected chi connectivity index (χ4v) is 4.20. The largest absolute Gasteiger partial charge is 0.496 e. The highest BCUT2D eigenvalue weighted by Crippen LogP contribution is 2.64. The van der Waals surface area contributed by atoms with E-state index in [1.54, 1.807) is 20.4 Å². The van der Waals surface area contributed by atoms with Crippen molar-refractivity contribution in [2.45, 2.75) is 25.7 Å². The molecule has 0 amide bonds. The molecule has 3 aromatic rings. The third kappa shape index (κ3) is 3.39. The Morgan fingerprint density at radius 1 is 0.966 bits per heavy atom. The van der Waals surface area contributed by atoms with E-state index in [0.717, 1.165) is 18.5 Å². The Labute approximate surface area is 171 Å². The lowest BCUT2D eigenvalue weighted by molar-refractivity contribution is 0.397. The Morgan fingerprint density at radius 3 is 2.21 bits per heavy atom. The zero-order valence-electron chi connectivity index (χ0n) is 17.3. The van der Waals surface area contributed by atoms with Gasteiger partial charge in [-0.1, -0.05) is 50.2 Å². The number of ether oxygens (including phenoxy) is 2. The van der Waals surface area contributed by atoms with E-state index in [1.165, 1.54) is 5.56 Å². The number of hydrogen-bond acceptors (Lipinski definition) is 6. The Morgan fingerprint density at radius 2 is 1.62 bits per heavy atom. The summed E-state index contributed by atoms with van der Waals surface area (Å²) in [5.74, 6) is 1.85. The molecule has 6 nitrogen and oxygen atoms in total. The highest BCUT2D eigenvalue weighted by Gasteiger charge is 2.61. The fourth-order valence-electron chi connectivity index (χ4n) is 4.20. The summed E-state index contributed by atoms with van der Waals surface area (Å²) in [4.78, 5) is 4.69. The van der Waals surface area contributed by atoms with E-state index in [4.69, 9.17) is 9.47 Å². The fraction of sp³-hybridized carbons (Fsp3) is 0.348. The lowest BCUT2D eigenvalue weighted by Crippen LogP contribution is -2.25. The summed E-state index contributed by atoms with van der Waals surface area (Å²) in [7, 11) is 3.26. The third-order valence-corrected chi connectivity index (χ3v) is 6.03. The van der Waals surface area contributed by atoms with E-state index >= 15 is 0 Å². The number of nitrogens with zero attached hydrogens (tertiary/aromatic N) is 3. The van der Waals surface area contributed by atoms with Gasteiger partial charge in [-0.3, -0.25) is 0 Å². The first-order valence-corrected chi connectivity index (χ1v) is 9.71. The van der Waals surface area contributed by atoms with Gasteiger partial charge in [0.2, 0.25) is 5.95 Å². The second-order valence-corrected chi connectivity index (χ2v) is 8.07. The van der Waals surface area contributed by atoms with Crippen LogP contribution in [0.2, 0.25) is 0 Å². The van der Waals surface area contributed by atoms with Crippen LogP contribution in [0.4, 0.5) is 5.95 Å². The lowest BCUT2D eigenvalue weighted by Gasteiger charge is -2.22. The van der Waals surface area contributed by atoms with Gasteiger partial charge in [-0.15, -0.1) is 5.10 Å². The molecule has 1 aliphatic carbocycles. The molecule has 1 N–H and O–H groups in total. The van der Waals surface area contributed by atoms with Crippen molar-refractivity contribution in [3.8, 4) is 22.8 Å². The third-order valence-electron chi connectivity index (χ3n) is 6.03. The smallest absolute Gasteiger partial charge is 0.243 e. The summed E-state index contributed by atoms with van der Waals surface area (Å²) in [6, 6.07) is 16.3. The van der Waals surface area contributed by atoms with Crippen LogP contribution in [0.5, 0.6) is 11.5 Å². The van der Waals surface area contributed by atoms with Gasteiger partial charge in [0.1, 0.15) is 17.2 Å². The van der Waals surface area contributed by atoms with Crippen LogP contribution in [0.15, 0.2) is 54.7 Å². The molecular weight excluding hydrogens is 364 g/mol. The predicted molar refractivity (Wildman–Crippen MR) is 113 cm³/mol. The average Bonchev–Trinajstić information content (AvgIpc) is 3.34. The molecule has 0 bridgehead atoms. The molecule has 1 heterocycles. The summed E-state index contributed by atoms with van der Waals surface area (Å²) in [6.45, 7) is 5.35. The summed E-state index contributed by atoms with van der Waals surface area (Å²) in [6.07, 6.45) is 2.74. The predicted octanol–water partition coefficient (Wildman–Crippen LogP) is 4.34. The first-order valence-electron chi connectivity index (χ1n) is 9.71. The number of hydrogen-bond donors (Lipinski definition) is 1.